The first kappa shape index (κ1) is 22.0. The van der Waals surface area contributed by atoms with E-state index in [4.69, 9.17) is 11.6 Å². The van der Waals surface area contributed by atoms with E-state index in [1.807, 2.05) is 0 Å². The van der Waals surface area contributed by atoms with Gasteiger partial charge in [-0.05, 0) is 42.8 Å². The molecule has 31 heavy (non-hydrogen) atoms. The van der Waals surface area contributed by atoms with Crippen LogP contribution in [0.25, 0.3) is 10.9 Å². The van der Waals surface area contributed by atoms with Crippen LogP contribution >= 0.6 is 11.6 Å². The minimum absolute atomic E-state index is 0.0645. The topological polar surface area (TPSA) is 120 Å². The number of H-pyrrole nitrogens is 1. The largest absolute Gasteiger partial charge is 0.360 e. The Morgan fingerprint density at radius 3 is 2.45 bits per heavy atom. The third kappa shape index (κ3) is 6.16. The van der Waals surface area contributed by atoms with Gasteiger partial charge in [-0.3, -0.25) is 19.2 Å². The Labute approximate surface area is 183 Å². The van der Waals surface area contributed by atoms with Crippen LogP contribution in [-0.4, -0.2) is 35.8 Å². The molecule has 3 amide bonds. The molecule has 0 bridgehead atoms. The van der Waals surface area contributed by atoms with Crippen LogP contribution < -0.4 is 21.4 Å². The summed E-state index contributed by atoms with van der Waals surface area (Å²) in [6, 6.07) is 13.6. The summed E-state index contributed by atoms with van der Waals surface area (Å²) < 4.78 is 0. The first-order chi connectivity index (χ1) is 14.9. The second-order valence-electron chi connectivity index (χ2n) is 6.77. The van der Waals surface area contributed by atoms with Crippen molar-refractivity contribution in [3.63, 3.8) is 0 Å². The first-order valence-electron chi connectivity index (χ1n) is 9.65. The van der Waals surface area contributed by atoms with E-state index in [0.29, 0.717) is 28.0 Å². The minimum Gasteiger partial charge on any atom is -0.360 e. The Morgan fingerprint density at radius 2 is 1.68 bits per heavy atom. The zero-order chi connectivity index (χ0) is 22.2. The van der Waals surface area contributed by atoms with Gasteiger partial charge in [0.2, 0.25) is 17.2 Å². The van der Waals surface area contributed by atoms with Crippen LogP contribution in [0.1, 0.15) is 23.2 Å². The number of carbonyl (C=O) groups excluding carboxylic acids is 3. The van der Waals surface area contributed by atoms with Gasteiger partial charge in [0, 0.05) is 40.8 Å². The predicted octanol–water partition coefficient (Wildman–Crippen LogP) is 2.45. The third-order valence-corrected chi connectivity index (χ3v) is 4.73. The van der Waals surface area contributed by atoms with E-state index in [9.17, 15) is 19.2 Å². The van der Waals surface area contributed by atoms with Crippen LogP contribution in [0.4, 0.5) is 5.69 Å². The van der Waals surface area contributed by atoms with Crippen LogP contribution in [0.15, 0.2) is 59.5 Å². The smallest absolute Gasteiger partial charge is 0.257 e. The summed E-state index contributed by atoms with van der Waals surface area (Å²) in [5.41, 5.74) is 0.802. The number of anilines is 1. The second-order valence-corrected chi connectivity index (χ2v) is 7.20. The lowest BCUT2D eigenvalue weighted by Gasteiger charge is -2.08. The Kier molecular flexibility index (Phi) is 7.40. The molecule has 4 N–H and O–H groups in total. The number of hydrogen-bond acceptors (Lipinski definition) is 4. The zero-order valence-electron chi connectivity index (χ0n) is 16.5. The van der Waals surface area contributed by atoms with Gasteiger partial charge in [-0.1, -0.05) is 23.7 Å². The Bertz CT molecular complexity index is 1160. The van der Waals surface area contributed by atoms with Gasteiger partial charge < -0.3 is 20.9 Å². The molecule has 0 aliphatic heterocycles. The van der Waals surface area contributed by atoms with Gasteiger partial charge >= 0.3 is 0 Å². The van der Waals surface area contributed by atoms with Crippen molar-refractivity contribution >= 4 is 45.9 Å². The number of aromatic nitrogens is 1. The number of rotatable bonds is 8. The standard InChI is InChI=1S/C22H21ClN4O4/c23-14-7-9-15(10-8-14)27-19(28)6-3-11-24-20(29)13-26-22(31)17-12-25-18-5-2-1-4-16(18)21(17)30/h1-2,4-5,7-10,12H,3,6,11,13H2,(H,24,29)(H,25,30)(H,26,31)(H,27,28). The number of carbonyl (C=O) groups is 3. The molecule has 0 fully saturated rings. The van der Waals surface area contributed by atoms with Gasteiger partial charge in [-0.15, -0.1) is 0 Å². The summed E-state index contributed by atoms with van der Waals surface area (Å²) in [4.78, 5) is 51.4. The molecule has 1 aromatic heterocycles. The highest BCUT2D eigenvalue weighted by Gasteiger charge is 2.13. The maximum Gasteiger partial charge on any atom is 0.257 e. The molecule has 0 unspecified atom stereocenters. The molecule has 3 rings (SSSR count). The molecule has 1 heterocycles. The van der Waals surface area contributed by atoms with Gasteiger partial charge in [0.05, 0.1) is 6.54 Å². The van der Waals surface area contributed by atoms with E-state index in [1.165, 1.54) is 6.20 Å². The number of amides is 3. The fourth-order valence-electron chi connectivity index (χ4n) is 2.89. The van der Waals surface area contributed by atoms with E-state index in [1.54, 1.807) is 48.5 Å². The van der Waals surface area contributed by atoms with Gasteiger partial charge in [0.1, 0.15) is 5.56 Å². The summed E-state index contributed by atoms with van der Waals surface area (Å²) >= 11 is 5.79. The van der Waals surface area contributed by atoms with Crippen LogP contribution in [0.5, 0.6) is 0 Å². The molecular formula is C22H21ClN4O4. The Morgan fingerprint density at radius 1 is 0.935 bits per heavy atom. The zero-order valence-corrected chi connectivity index (χ0v) is 17.3. The maximum atomic E-state index is 12.4. The molecule has 160 valence electrons. The number of halogens is 1. The lowest BCUT2D eigenvalue weighted by Crippen LogP contribution is -2.38. The third-order valence-electron chi connectivity index (χ3n) is 4.47. The van der Waals surface area contributed by atoms with Crippen LogP contribution in [0, 0.1) is 0 Å². The van der Waals surface area contributed by atoms with E-state index in [-0.39, 0.29) is 31.0 Å². The molecule has 9 heteroatoms. The molecular weight excluding hydrogens is 420 g/mol. The summed E-state index contributed by atoms with van der Waals surface area (Å²) in [7, 11) is 0. The maximum absolute atomic E-state index is 12.4. The number of aromatic amines is 1. The Hall–Kier alpha value is -3.65. The molecule has 0 atom stereocenters. The van der Waals surface area contributed by atoms with Crippen molar-refractivity contribution in [1.82, 2.24) is 15.6 Å². The second kappa shape index (κ2) is 10.4. The average Bonchev–Trinajstić information content (AvgIpc) is 2.77. The minimum atomic E-state index is -0.635. The SMILES string of the molecule is O=C(CNC(=O)c1c[nH]c2ccccc2c1=O)NCCCC(=O)Nc1ccc(Cl)cc1. The van der Waals surface area contributed by atoms with Crippen molar-refractivity contribution in [3.05, 3.63) is 75.5 Å². The molecule has 0 aliphatic rings. The lowest BCUT2D eigenvalue weighted by atomic mass is 10.1. The van der Waals surface area contributed by atoms with Gasteiger partial charge in [-0.25, -0.2) is 0 Å². The highest BCUT2D eigenvalue weighted by Crippen LogP contribution is 2.13. The van der Waals surface area contributed by atoms with Crippen LogP contribution in [0.3, 0.4) is 0 Å². The summed E-state index contributed by atoms with van der Waals surface area (Å²) in [6.07, 6.45) is 1.99. The number of para-hydroxylation sites is 1. The number of hydrogen-bond donors (Lipinski definition) is 4. The molecule has 2 aromatic carbocycles. The molecule has 0 spiro atoms. The normalized spacial score (nSPS) is 10.5. The van der Waals surface area contributed by atoms with E-state index >= 15 is 0 Å². The molecule has 8 nitrogen and oxygen atoms in total. The quantitative estimate of drug-likeness (QED) is 0.402. The number of pyridine rings is 1. The highest BCUT2D eigenvalue weighted by atomic mass is 35.5. The number of nitrogens with one attached hydrogen (secondary N) is 4. The number of benzene rings is 2. The van der Waals surface area contributed by atoms with Crippen molar-refractivity contribution in [2.45, 2.75) is 12.8 Å². The molecule has 0 aliphatic carbocycles. The van der Waals surface area contributed by atoms with E-state index < -0.39 is 17.2 Å². The highest BCUT2D eigenvalue weighted by molar-refractivity contribution is 6.30. The summed E-state index contributed by atoms with van der Waals surface area (Å²) in [5.74, 6) is -1.23. The molecule has 0 saturated heterocycles. The van der Waals surface area contributed by atoms with Crippen molar-refractivity contribution < 1.29 is 14.4 Å². The van der Waals surface area contributed by atoms with Crippen LogP contribution in [-0.2, 0) is 9.59 Å². The van der Waals surface area contributed by atoms with E-state index in [0.717, 1.165) is 0 Å². The lowest BCUT2D eigenvalue weighted by molar-refractivity contribution is -0.120. The first-order valence-corrected chi connectivity index (χ1v) is 10.0. The number of fused-ring (bicyclic) bond motifs is 1. The summed E-state index contributed by atoms with van der Waals surface area (Å²) in [6.45, 7) is 0.00136. The monoisotopic (exact) mass is 440 g/mol. The van der Waals surface area contributed by atoms with Gasteiger partial charge in [0.15, 0.2) is 0 Å². The van der Waals surface area contributed by atoms with Crippen molar-refractivity contribution in [3.8, 4) is 0 Å². The van der Waals surface area contributed by atoms with Gasteiger partial charge in [0.25, 0.3) is 5.91 Å². The molecule has 0 saturated carbocycles. The van der Waals surface area contributed by atoms with Crippen molar-refractivity contribution in [1.29, 1.82) is 0 Å². The van der Waals surface area contributed by atoms with Crippen LogP contribution in [0.2, 0.25) is 5.02 Å². The van der Waals surface area contributed by atoms with Crippen molar-refractivity contribution in [2.24, 2.45) is 0 Å². The fourth-order valence-corrected chi connectivity index (χ4v) is 3.01. The molecule has 0 radical (unpaired) electrons. The van der Waals surface area contributed by atoms with Gasteiger partial charge in [-0.2, -0.15) is 0 Å². The van der Waals surface area contributed by atoms with E-state index in [2.05, 4.69) is 20.9 Å². The predicted molar refractivity (Wildman–Crippen MR) is 119 cm³/mol. The van der Waals surface area contributed by atoms with Crippen molar-refractivity contribution in [2.75, 3.05) is 18.4 Å². The molecule has 3 aromatic rings. The average molecular weight is 441 g/mol. The Balaban J connectivity index is 1.39. The fraction of sp³-hybridized carbons (Fsp3) is 0.182. The summed E-state index contributed by atoms with van der Waals surface area (Å²) in [5, 5.41) is 8.77.